The molecular weight excluding hydrogens is 304 g/mol. The summed E-state index contributed by atoms with van der Waals surface area (Å²) in [5.41, 5.74) is 0.793. The lowest BCUT2D eigenvalue weighted by Gasteiger charge is -2.24. The quantitative estimate of drug-likeness (QED) is 0.592. The lowest BCUT2D eigenvalue weighted by Crippen LogP contribution is -2.45. The molecule has 0 amide bonds. The van der Waals surface area contributed by atoms with Crippen molar-refractivity contribution in [2.45, 2.75) is 57.8 Å². The summed E-state index contributed by atoms with van der Waals surface area (Å²) in [6.07, 6.45) is 6.83. The van der Waals surface area contributed by atoms with Crippen molar-refractivity contribution in [2.75, 3.05) is 20.7 Å². The summed E-state index contributed by atoms with van der Waals surface area (Å²) in [6, 6.07) is 3.97. The fraction of sp³-hybridized carbons (Fsp3) is 0.667. The van der Waals surface area contributed by atoms with Crippen molar-refractivity contribution in [3.63, 3.8) is 0 Å². The lowest BCUT2D eigenvalue weighted by atomic mass is 10.1. The lowest BCUT2D eigenvalue weighted by molar-refractivity contribution is 0.0268. The van der Waals surface area contributed by atoms with E-state index < -0.39 is 0 Å². The average Bonchev–Trinajstić information content (AvgIpc) is 3.09. The first kappa shape index (κ1) is 18.5. The highest BCUT2D eigenvalue weighted by Crippen LogP contribution is 2.24. The third kappa shape index (κ3) is 5.67. The molecule has 2 rings (SSSR count). The molecule has 134 valence electrons. The molecule has 1 aliphatic carbocycles. The van der Waals surface area contributed by atoms with Crippen LogP contribution in [0.1, 0.15) is 45.1 Å². The third-order valence-corrected chi connectivity index (χ3v) is 4.33. The van der Waals surface area contributed by atoms with Gasteiger partial charge in [0, 0.05) is 39.0 Å². The number of hydrogen-bond acceptors (Lipinski definition) is 4. The smallest absolute Gasteiger partial charge is 0.218 e. The van der Waals surface area contributed by atoms with Crippen LogP contribution in [0.2, 0.25) is 0 Å². The zero-order valence-electron chi connectivity index (χ0n) is 15.3. The molecule has 1 heterocycles. The largest absolute Gasteiger partial charge is 0.474 e. The standard InChI is InChI=1S/C18H30N4O2/c1-18(2,23-4)13-22-17(19-3)21-12-14-8-7-11-20-16(14)24-15-9-5-6-10-15/h7-8,11,15H,5-6,9-10,12-13H2,1-4H3,(H2,19,21,22). The molecule has 1 fully saturated rings. The van der Waals surface area contributed by atoms with Crippen molar-refractivity contribution >= 4 is 5.96 Å². The molecule has 0 unspecified atom stereocenters. The van der Waals surface area contributed by atoms with Crippen LogP contribution in [0.25, 0.3) is 0 Å². The molecule has 1 aliphatic rings. The second kappa shape index (κ2) is 8.87. The number of hydrogen-bond donors (Lipinski definition) is 2. The Balaban J connectivity index is 1.90. The minimum Gasteiger partial charge on any atom is -0.474 e. The fourth-order valence-electron chi connectivity index (χ4n) is 2.60. The highest BCUT2D eigenvalue weighted by molar-refractivity contribution is 5.79. The summed E-state index contributed by atoms with van der Waals surface area (Å²) < 4.78 is 11.5. The number of methoxy groups -OCH3 is 1. The van der Waals surface area contributed by atoms with Crippen LogP contribution in [0.15, 0.2) is 23.3 Å². The van der Waals surface area contributed by atoms with Gasteiger partial charge >= 0.3 is 0 Å². The van der Waals surface area contributed by atoms with E-state index in [1.165, 1.54) is 12.8 Å². The van der Waals surface area contributed by atoms with Crippen LogP contribution in [0, 0.1) is 0 Å². The Morgan fingerprint density at radius 1 is 1.33 bits per heavy atom. The summed E-state index contributed by atoms with van der Waals surface area (Å²) >= 11 is 0. The van der Waals surface area contributed by atoms with Gasteiger partial charge in [-0.05, 0) is 45.6 Å². The molecule has 1 aromatic heterocycles. The number of aromatic nitrogens is 1. The van der Waals surface area contributed by atoms with Gasteiger partial charge in [-0.1, -0.05) is 6.07 Å². The minimum atomic E-state index is -0.247. The van der Waals surface area contributed by atoms with Gasteiger partial charge in [-0.25, -0.2) is 4.98 Å². The van der Waals surface area contributed by atoms with Gasteiger partial charge in [0.1, 0.15) is 6.10 Å². The molecule has 0 aromatic carbocycles. The van der Waals surface area contributed by atoms with Crippen molar-refractivity contribution in [2.24, 2.45) is 4.99 Å². The van der Waals surface area contributed by atoms with Gasteiger partial charge in [0.05, 0.1) is 5.60 Å². The Hall–Kier alpha value is -1.82. The number of rotatable bonds is 7. The zero-order chi connectivity index (χ0) is 17.4. The predicted molar refractivity (Wildman–Crippen MR) is 96.4 cm³/mol. The van der Waals surface area contributed by atoms with Crippen molar-refractivity contribution in [3.8, 4) is 5.88 Å². The van der Waals surface area contributed by atoms with Gasteiger partial charge in [0.15, 0.2) is 5.96 Å². The number of nitrogens with zero attached hydrogens (tertiary/aromatic N) is 2. The maximum atomic E-state index is 6.07. The Morgan fingerprint density at radius 3 is 2.75 bits per heavy atom. The average molecular weight is 334 g/mol. The minimum absolute atomic E-state index is 0.247. The molecule has 1 aromatic rings. The maximum Gasteiger partial charge on any atom is 0.218 e. The van der Waals surface area contributed by atoms with E-state index in [-0.39, 0.29) is 5.60 Å². The Morgan fingerprint density at radius 2 is 2.08 bits per heavy atom. The Bertz CT molecular complexity index is 540. The van der Waals surface area contributed by atoms with E-state index in [2.05, 4.69) is 20.6 Å². The van der Waals surface area contributed by atoms with Gasteiger partial charge in [-0.2, -0.15) is 0 Å². The van der Waals surface area contributed by atoms with Crippen molar-refractivity contribution in [1.29, 1.82) is 0 Å². The summed E-state index contributed by atoms with van der Waals surface area (Å²) in [5.74, 6) is 1.46. The summed E-state index contributed by atoms with van der Waals surface area (Å²) in [7, 11) is 3.47. The van der Waals surface area contributed by atoms with Crippen LogP contribution in [-0.2, 0) is 11.3 Å². The van der Waals surface area contributed by atoms with E-state index in [4.69, 9.17) is 9.47 Å². The molecule has 0 atom stereocenters. The molecule has 0 saturated heterocycles. The summed E-state index contributed by atoms with van der Waals surface area (Å²) in [6.45, 7) is 5.34. The van der Waals surface area contributed by atoms with Crippen LogP contribution in [0.3, 0.4) is 0 Å². The molecular formula is C18H30N4O2. The highest BCUT2D eigenvalue weighted by Gasteiger charge is 2.19. The Kier molecular flexibility index (Phi) is 6.85. The fourth-order valence-corrected chi connectivity index (χ4v) is 2.60. The van der Waals surface area contributed by atoms with Crippen LogP contribution in [0.5, 0.6) is 5.88 Å². The molecule has 0 spiro atoms. The van der Waals surface area contributed by atoms with Gasteiger partial charge in [-0.3, -0.25) is 4.99 Å². The normalized spacial score (nSPS) is 16.2. The number of ether oxygens (including phenoxy) is 2. The van der Waals surface area contributed by atoms with Gasteiger partial charge < -0.3 is 20.1 Å². The second-order valence-electron chi connectivity index (χ2n) is 6.74. The van der Waals surface area contributed by atoms with Gasteiger partial charge in [0.2, 0.25) is 5.88 Å². The van der Waals surface area contributed by atoms with E-state index in [9.17, 15) is 0 Å². The number of aliphatic imine (C=N–C) groups is 1. The monoisotopic (exact) mass is 334 g/mol. The highest BCUT2D eigenvalue weighted by atomic mass is 16.5. The first-order valence-electron chi connectivity index (χ1n) is 8.64. The van der Waals surface area contributed by atoms with E-state index in [0.717, 1.165) is 30.2 Å². The van der Waals surface area contributed by atoms with E-state index in [1.54, 1.807) is 20.4 Å². The maximum absolute atomic E-state index is 6.07. The summed E-state index contributed by atoms with van der Waals surface area (Å²) in [5, 5.41) is 6.59. The third-order valence-electron chi connectivity index (χ3n) is 4.33. The van der Waals surface area contributed by atoms with Gasteiger partial charge in [0.25, 0.3) is 0 Å². The summed E-state index contributed by atoms with van der Waals surface area (Å²) in [4.78, 5) is 8.65. The number of nitrogens with one attached hydrogen (secondary N) is 2. The van der Waals surface area contributed by atoms with Crippen molar-refractivity contribution in [3.05, 3.63) is 23.9 Å². The van der Waals surface area contributed by atoms with Crippen LogP contribution < -0.4 is 15.4 Å². The molecule has 0 aliphatic heterocycles. The molecule has 2 N–H and O–H groups in total. The molecule has 24 heavy (non-hydrogen) atoms. The molecule has 1 saturated carbocycles. The topological polar surface area (TPSA) is 67.8 Å². The molecule has 6 heteroatoms. The van der Waals surface area contributed by atoms with Crippen LogP contribution >= 0.6 is 0 Å². The SMILES string of the molecule is CN=C(NCc1cccnc1OC1CCCC1)NCC(C)(C)OC. The van der Waals surface area contributed by atoms with Gasteiger partial charge in [-0.15, -0.1) is 0 Å². The number of guanidine groups is 1. The molecule has 0 bridgehead atoms. The zero-order valence-corrected chi connectivity index (χ0v) is 15.3. The molecule has 6 nitrogen and oxygen atoms in total. The van der Waals surface area contributed by atoms with E-state index in [0.29, 0.717) is 19.2 Å². The van der Waals surface area contributed by atoms with E-state index >= 15 is 0 Å². The van der Waals surface area contributed by atoms with E-state index in [1.807, 2.05) is 26.0 Å². The molecule has 0 radical (unpaired) electrons. The first-order valence-corrected chi connectivity index (χ1v) is 8.64. The second-order valence-corrected chi connectivity index (χ2v) is 6.74. The predicted octanol–water partition coefficient (Wildman–Crippen LogP) is 2.49. The van der Waals surface area contributed by atoms with Crippen molar-refractivity contribution < 1.29 is 9.47 Å². The van der Waals surface area contributed by atoms with Crippen LogP contribution in [0.4, 0.5) is 0 Å². The van der Waals surface area contributed by atoms with Crippen molar-refractivity contribution in [1.82, 2.24) is 15.6 Å². The Labute approximate surface area is 145 Å². The van der Waals surface area contributed by atoms with Crippen LogP contribution in [-0.4, -0.2) is 43.4 Å². The number of pyridine rings is 1. The first-order chi connectivity index (χ1) is 11.5.